The second kappa shape index (κ2) is 11.1. The zero-order valence-corrected chi connectivity index (χ0v) is 18.8. The second-order valence-electron chi connectivity index (χ2n) is 6.70. The zero-order chi connectivity index (χ0) is 23.8. The molecule has 0 bridgehead atoms. The van der Waals surface area contributed by atoms with Crippen molar-refractivity contribution in [3.05, 3.63) is 81.2 Å². The average molecular weight is 472 g/mol. The molecule has 1 amide bonds. The standard InChI is InChI=1S/C23H22ClN3O6/c1-3-32-23(30)22-19(12-21(29)27(26-22)18-10-5-4-9-17(18)24)33-14-20(28)25-13-15-7-6-8-16(11-15)31-2/h4-12H,3,13-14H2,1-2H3,(H,25,28). The first-order valence-electron chi connectivity index (χ1n) is 10.0. The molecule has 3 aromatic rings. The van der Waals surface area contributed by atoms with Gasteiger partial charge in [-0.05, 0) is 36.8 Å². The molecule has 0 radical (unpaired) electrons. The van der Waals surface area contributed by atoms with Crippen LogP contribution in [0.3, 0.4) is 0 Å². The SMILES string of the molecule is CCOC(=O)c1nn(-c2ccccc2Cl)c(=O)cc1OCC(=O)NCc1cccc(OC)c1. The Balaban J connectivity index is 1.77. The van der Waals surface area contributed by atoms with Crippen LogP contribution in [-0.4, -0.2) is 42.0 Å². The summed E-state index contributed by atoms with van der Waals surface area (Å²) in [6, 6.07) is 14.8. The molecule has 172 valence electrons. The molecule has 0 atom stereocenters. The number of benzene rings is 2. The van der Waals surface area contributed by atoms with Gasteiger partial charge in [-0.1, -0.05) is 35.9 Å². The van der Waals surface area contributed by atoms with Gasteiger partial charge in [0.2, 0.25) is 5.69 Å². The van der Waals surface area contributed by atoms with E-state index in [1.807, 2.05) is 12.1 Å². The number of amides is 1. The molecule has 1 aromatic heterocycles. The van der Waals surface area contributed by atoms with E-state index in [4.69, 9.17) is 25.8 Å². The van der Waals surface area contributed by atoms with Crippen LogP contribution in [0.15, 0.2) is 59.4 Å². The molecule has 0 aliphatic rings. The van der Waals surface area contributed by atoms with E-state index in [1.54, 1.807) is 50.4 Å². The van der Waals surface area contributed by atoms with Crippen molar-refractivity contribution >= 4 is 23.5 Å². The lowest BCUT2D eigenvalue weighted by atomic mass is 10.2. The Labute approximate surface area is 194 Å². The summed E-state index contributed by atoms with van der Waals surface area (Å²) in [4.78, 5) is 37.3. The van der Waals surface area contributed by atoms with Crippen LogP contribution in [0.25, 0.3) is 5.69 Å². The molecule has 0 saturated heterocycles. The maximum atomic E-state index is 12.6. The van der Waals surface area contributed by atoms with Gasteiger partial charge in [0.1, 0.15) is 5.75 Å². The number of nitrogens with one attached hydrogen (secondary N) is 1. The number of ether oxygens (including phenoxy) is 3. The van der Waals surface area contributed by atoms with Gasteiger partial charge in [0.25, 0.3) is 11.5 Å². The molecular weight excluding hydrogens is 450 g/mol. The third kappa shape index (κ3) is 6.11. The van der Waals surface area contributed by atoms with Gasteiger partial charge in [0.05, 0.1) is 30.5 Å². The number of carbonyl (C=O) groups excluding carboxylic acids is 2. The summed E-state index contributed by atoms with van der Waals surface area (Å²) in [7, 11) is 1.56. The molecule has 0 unspecified atom stereocenters. The summed E-state index contributed by atoms with van der Waals surface area (Å²) in [6.45, 7) is 1.53. The first-order valence-corrected chi connectivity index (χ1v) is 10.4. The minimum Gasteiger partial charge on any atom is -0.497 e. The highest BCUT2D eigenvalue weighted by Crippen LogP contribution is 2.20. The molecule has 2 aromatic carbocycles. The fraction of sp³-hybridized carbons (Fsp3) is 0.217. The molecule has 9 nitrogen and oxygen atoms in total. The number of hydrogen-bond acceptors (Lipinski definition) is 7. The number of para-hydroxylation sites is 1. The summed E-state index contributed by atoms with van der Waals surface area (Å²) in [5.74, 6) is -0.756. The number of aromatic nitrogens is 2. The Hall–Kier alpha value is -3.85. The predicted molar refractivity (Wildman–Crippen MR) is 121 cm³/mol. The van der Waals surface area contributed by atoms with Crippen LogP contribution in [0.5, 0.6) is 11.5 Å². The first kappa shape index (κ1) is 23.8. The van der Waals surface area contributed by atoms with Gasteiger partial charge in [-0.15, -0.1) is 0 Å². The van der Waals surface area contributed by atoms with Crippen molar-refractivity contribution in [3.8, 4) is 17.2 Å². The lowest BCUT2D eigenvalue weighted by Gasteiger charge is -2.13. The molecule has 0 aliphatic carbocycles. The van der Waals surface area contributed by atoms with Crippen LogP contribution in [-0.2, 0) is 16.1 Å². The van der Waals surface area contributed by atoms with Gasteiger partial charge in [-0.25, -0.2) is 4.79 Å². The highest BCUT2D eigenvalue weighted by molar-refractivity contribution is 6.32. The van der Waals surface area contributed by atoms with E-state index in [0.717, 1.165) is 16.3 Å². The third-order valence-corrected chi connectivity index (χ3v) is 4.75. The Morgan fingerprint density at radius 1 is 1.12 bits per heavy atom. The van der Waals surface area contributed by atoms with Crippen LogP contribution in [0.1, 0.15) is 23.0 Å². The molecule has 0 saturated carbocycles. The van der Waals surface area contributed by atoms with Crippen LogP contribution in [0.4, 0.5) is 0 Å². The van der Waals surface area contributed by atoms with Crippen molar-refractivity contribution in [1.29, 1.82) is 0 Å². The molecule has 0 fully saturated rings. The van der Waals surface area contributed by atoms with Crippen molar-refractivity contribution in [2.24, 2.45) is 0 Å². The van der Waals surface area contributed by atoms with E-state index >= 15 is 0 Å². The maximum Gasteiger partial charge on any atom is 0.362 e. The highest BCUT2D eigenvalue weighted by atomic mass is 35.5. The third-order valence-electron chi connectivity index (χ3n) is 4.43. The Kier molecular flexibility index (Phi) is 8.04. The molecule has 1 heterocycles. The maximum absolute atomic E-state index is 12.6. The topological polar surface area (TPSA) is 109 Å². The lowest BCUT2D eigenvalue weighted by molar-refractivity contribution is -0.123. The number of esters is 1. The Morgan fingerprint density at radius 2 is 1.91 bits per heavy atom. The van der Waals surface area contributed by atoms with Crippen LogP contribution >= 0.6 is 11.6 Å². The van der Waals surface area contributed by atoms with Crippen molar-refractivity contribution in [2.45, 2.75) is 13.5 Å². The normalized spacial score (nSPS) is 10.4. The van der Waals surface area contributed by atoms with E-state index in [1.165, 1.54) is 0 Å². The fourth-order valence-electron chi connectivity index (χ4n) is 2.86. The number of hydrogen-bond donors (Lipinski definition) is 1. The number of halogens is 1. The number of carbonyl (C=O) groups is 2. The van der Waals surface area contributed by atoms with Crippen molar-refractivity contribution in [2.75, 3.05) is 20.3 Å². The molecule has 0 aliphatic heterocycles. The van der Waals surface area contributed by atoms with E-state index in [9.17, 15) is 14.4 Å². The molecule has 0 spiro atoms. The Bertz CT molecular complexity index is 1210. The van der Waals surface area contributed by atoms with E-state index < -0.39 is 24.0 Å². The second-order valence-corrected chi connectivity index (χ2v) is 7.10. The molecule has 1 N–H and O–H groups in total. The first-order chi connectivity index (χ1) is 15.9. The summed E-state index contributed by atoms with van der Waals surface area (Å²) in [5.41, 5.74) is 0.274. The van der Waals surface area contributed by atoms with E-state index in [2.05, 4.69) is 10.4 Å². The smallest absolute Gasteiger partial charge is 0.362 e. The van der Waals surface area contributed by atoms with Gasteiger partial charge in [0.15, 0.2) is 12.4 Å². The number of nitrogens with zero attached hydrogens (tertiary/aromatic N) is 2. The Morgan fingerprint density at radius 3 is 2.64 bits per heavy atom. The van der Waals surface area contributed by atoms with Crippen molar-refractivity contribution in [1.82, 2.24) is 15.1 Å². The fourth-order valence-corrected chi connectivity index (χ4v) is 3.08. The van der Waals surface area contributed by atoms with E-state index in [0.29, 0.717) is 5.75 Å². The minimum atomic E-state index is -0.801. The monoisotopic (exact) mass is 471 g/mol. The molecule has 3 rings (SSSR count). The van der Waals surface area contributed by atoms with Crippen LogP contribution in [0, 0.1) is 0 Å². The van der Waals surface area contributed by atoms with Crippen LogP contribution in [0.2, 0.25) is 5.02 Å². The number of methoxy groups -OCH3 is 1. The lowest BCUT2D eigenvalue weighted by Crippen LogP contribution is -2.30. The van der Waals surface area contributed by atoms with Gasteiger partial charge in [0, 0.05) is 6.54 Å². The number of rotatable bonds is 9. The summed E-state index contributed by atoms with van der Waals surface area (Å²) >= 11 is 6.16. The van der Waals surface area contributed by atoms with Crippen LogP contribution < -0.4 is 20.3 Å². The summed E-state index contributed by atoms with van der Waals surface area (Å²) < 4.78 is 16.6. The van der Waals surface area contributed by atoms with Gasteiger partial charge >= 0.3 is 5.97 Å². The van der Waals surface area contributed by atoms with E-state index in [-0.39, 0.29) is 35.3 Å². The van der Waals surface area contributed by atoms with Gasteiger partial charge < -0.3 is 19.5 Å². The average Bonchev–Trinajstić information content (AvgIpc) is 2.82. The minimum absolute atomic E-state index is 0.0895. The van der Waals surface area contributed by atoms with Gasteiger partial charge in [-0.2, -0.15) is 9.78 Å². The molecular formula is C23H22ClN3O6. The molecule has 10 heteroatoms. The largest absolute Gasteiger partial charge is 0.497 e. The van der Waals surface area contributed by atoms with Gasteiger partial charge in [-0.3, -0.25) is 9.59 Å². The van der Waals surface area contributed by atoms with Crippen molar-refractivity contribution in [3.63, 3.8) is 0 Å². The summed E-state index contributed by atoms with van der Waals surface area (Å²) in [5, 5.41) is 7.05. The quantitative estimate of drug-likeness (QED) is 0.478. The molecule has 33 heavy (non-hydrogen) atoms. The predicted octanol–water partition coefficient (Wildman–Crippen LogP) is 2.77. The zero-order valence-electron chi connectivity index (χ0n) is 18.0. The summed E-state index contributed by atoms with van der Waals surface area (Å²) in [6.07, 6.45) is 0. The van der Waals surface area contributed by atoms with Crippen molar-refractivity contribution < 1.29 is 23.8 Å². The highest BCUT2D eigenvalue weighted by Gasteiger charge is 2.21.